The van der Waals surface area contributed by atoms with E-state index in [9.17, 15) is 9.59 Å². The third-order valence-electron chi connectivity index (χ3n) is 2.98. The smallest absolute Gasteiger partial charge is 0.293 e. The van der Waals surface area contributed by atoms with Crippen molar-refractivity contribution < 1.29 is 4.79 Å². The molecular weight excluding hydrogens is 336 g/mol. The molecule has 0 saturated carbocycles. The minimum Gasteiger partial charge on any atom is -0.368 e. The molecule has 2 rings (SSSR count). The van der Waals surface area contributed by atoms with Gasteiger partial charge in [0, 0.05) is 19.7 Å². The van der Waals surface area contributed by atoms with E-state index in [0.717, 1.165) is 5.56 Å². The molecule has 1 heterocycles. The van der Waals surface area contributed by atoms with Gasteiger partial charge in [0.25, 0.3) is 5.56 Å². The number of nitrogens with two attached hydrogens (primary N) is 1. The molecule has 1 atom stereocenters. The van der Waals surface area contributed by atoms with Crippen molar-refractivity contribution in [2.24, 2.45) is 12.8 Å². The predicted molar refractivity (Wildman–Crippen MR) is 83.9 cm³/mol. The maximum atomic E-state index is 12.0. The van der Waals surface area contributed by atoms with Crippen molar-refractivity contribution in [1.29, 1.82) is 0 Å². The van der Waals surface area contributed by atoms with Crippen molar-refractivity contribution in [3.63, 3.8) is 0 Å². The number of benzene rings is 1. The van der Waals surface area contributed by atoms with E-state index in [1.54, 1.807) is 13.2 Å². The van der Waals surface area contributed by atoms with Gasteiger partial charge in [-0.1, -0.05) is 30.3 Å². The Morgan fingerprint density at radius 1 is 1.43 bits per heavy atom. The number of halogens is 1. The van der Waals surface area contributed by atoms with Gasteiger partial charge >= 0.3 is 0 Å². The van der Waals surface area contributed by atoms with Gasteiger partial charge in [-0.05, 0) is 21.5 Å². The number of nitrogens with zero attached hydrogens (tertiary/aromatic N) is 2. The standard InChI is InChI=1S/C14H15BrN4O2/c1-19-8-11(15)18-13(14(19)21)17-10(12(16)20)7-9-5-3-2-4-6-9/h2-6,8,10H,7H2,1H3,(H2,16,20)(H,17,18). The summed E-state index contributed by atoms with van der Waals surface area (Å²) < 4.78 is 1.87. The number of nitrogens with one attached hydrogen (secondary N) is 1. The van der Waals surface area contributed by atoms with E-state index in [-0.39, 0.29) is 11.4 Å². The molecule has 0 aliphatic heterocycles. The molecule has 0 aliphatic rings. The zero-order chi connectivity index (χ0) is 15.4. The Balaban J connectivity index is 2.25. The van der Waals surface area contributed by atoms with Crippen LogP contribution in [0.5, 0.6) is 0 Å². The van der Waals surface area contributed by atoms with Crippen LogP contribution in [0, 0.1) is 0 Å². The number of primary amides is 1. The van der Waals surface area contributed by atoms with Crippen molar-refractivity contribution in [1.82, 2.24) is 9.55 Å². The minimum atomic E-state index is -0.707. The van der Waals surface area contributed by atoms with Crippen LogP contribution < -0.4 is 16.6 Å². The highest BCUT2D eigenvalue weighted by atomic mass is 79.9. The number of hydrogen-bond acceptors (Lipinski definition) is 4. The Morgan fingerprint density at radius 3 is 2.71 bits per heavy atom. The molecule has 21 heavy (non-hydrogen) atoms. The van der Waals surface area contributed by atoms with Crippen molar-refractivity contribution in [3.05, 3.63) is 57.0 Å². The first-order chi connectivity index (χ1) is 9.97. The number of aryl methyl sites for hydroxylation is 1. The molecular formula is C14H15BrN4O2. The quantitative estimate of drug-likeness (QED) is 0.843. The minimum absolute atomic E-state index is 0.0895. The van der Waals surface area contributed by atoms with Crippen LogP contribution in [0.4, 0.5) is 5.82 Å². The van der Waals surface area contributed by atoms with E-state index >= 15 is 0 Å². The molecule has 0 aliphatic carbocycles. The molecule has 1 aromatic carbocycles. The van der Waals surface area contributed by atoms with Gasteiger partial charge in [0.2, 0.25) is 5.91 Å². The number of aromatic nitrogens is 2. The highest BCUT2D eigenvalue weighted by Gasteiger charge is 2.18. The topological polar surface area (TPSA) is 90.0 Å². The van der Waals surface area contributed by atoms with Crippen LogP contribution >= 0.6 is 15.9 Å². The van der Waals surface area contributed by atoms with E-state index in [2.05, 4.69) is 26.2 Å². The lowest BCUT2D eigenvalue weighted by molar-refractivity contribution is -0.118. The molecule has 0 bridgehead atoms. The van der Waals surface area contributed by atoms with Gasteiger partial charge in [-0.2, -0.15) is 0 Å². The fourth-order valence-corrected chi connectivity index (χ4v) is 2.39. The van der Waals surface area contributed by atoms with Crippen LogP contribution in [0.1, 0.15) is 5.56 Å². The Morgan fingerprint density at radius 2 is 2.10 bits per heavy atom. The van der Waals surface area contributed by atoms with Crippen LogP contribution in [0.2, 0.25) is 0 Å². The SMILES string of the molecule is Cn1cc(Br)nc(NC(Cc2ccccc2)C(N)=O)c1=O. The van der Waals surface area contributed by atoms with E-state index in [0.29, 0.717) is 11.0 Å². The lowest BCUT2D eigenvalue weighted by atomic mass is 10.1. The molecule has 0 spiro atoms. The van der Waals surface area contributed by atoms with Crippen LogP contribution in [0.15, 0.2) is 45.9 Å². The molecule has 1 unspecified atom stereocenters. The average molecular weight is 351 g/mol. The van der Waals surface area contributed by atoms with E-state index < -0.39 is 11.9 Å². The molecule has 110 valence electrons. The van der Waals surface area contributed by atoms with Crippen LogP contribution in [0.25, 0.3) is 0 Å². The fraction of sp³-hybridized carbons (Fsp3) is 0.214. The molecule has 0 radical (unpaired) electrons. The molecule has 1 amide bonds. The maximum absolute atomic E-state index is 12.0. The summed E-state index contributed by atoms with van der Waals surface area (Å²) in [5.74, 6) is -0.450. The summed E-state index contributed by atoms with van der Waals surface area (Å²) in [5, 5.41) is 2.83. The van der Waals surface area contributed by atoms with E-state index in [1.165, 1.54) is 4.57 Å². The van der Waals surface area contributed by atoms with E-state index in [4.69, 9.17) is 5.73 Å². The lowest BCUT2D eigenvalue weighted by Crippen LogP contribution is -2.39. The summed E-state index contributed by atoms with van der Waals surface area (Å²) in [7, 11) is 1.61. The number of rotatable bonds is 5. The first-order valence-electron chi connectivity index (χ1n) is 6.30. The number of hydrogen-bond donors (Lipinski definition) is 2. The van der Waals surface area contributed by atoms with Gasteiger partial charge in [0.05, 0.1) is 0 Å². The summed E-state index contributed by atoms with van der Waals surface area (Å²) in [6, 6.07) is 8.73. The van der Waals surface area contributed by atoms with Crippen LogP contribution in [-0.2, 0) is 18.3 Å². The monoisotopic (exact) mass is 350 g/mol. The summed E-state index contributed by atoms with van der Waals surface area (Å²) in [6.07, 6.45) is 1.93. The molecule has 0 saturated heterocycles. The van der Waals surface area contributed by atoms with Crippen molar-refractivity contribution in [2.75, 3.05) is 5.32 Å². The first kappa shape index (κ1) is 15.2. The second kappa shape index (κ2) is 6.53. The van der Waals surface area contributed by atoms with Gasteiger partial charge in [-0.3, -0.25) is 9.59 Å². The average Bonchev–Trinajstić information content (AvgIpc) is 2.44. The Labute approximate surface area is 130 Å². The number of carbonyl (C=O) groups excluding carboxylic acids is 1. The van der Waals surface area contributed by atoms with Gasteiger partial charge in [-0.15, -0.1) is 0 Å². The van der Waals surface area contributed by atoms with Crippen molar-refractivity contribution in [3.8, 4) is 0 Å². The van der Waals surface area contributed by atoms with E-state index in [1.807, 2.05) is 30.3 Å². The highest BCUT2D eigenvalue weighted by Crippen LogP contribution is 2.09. The molecule has 0 fully saturated rings. The van der Waals surface area contributed by atoms with Crippen LogP contribution in [0.3, 0.4) is 0 Å². The maximum Gasteiger partial charge on any atom is 0.293 e. The Hall–Kier alpha value is -2.15. The van der Waals surface area contributed by atoms with Crippen molar-refractivity contribution >= 4 is 27.7 Å². The van der Waals surface area contributed by atoms with Gasteiger partial charge in [0.15, 0.2) is 5.82 Å². The third kappa shape index (κ3) is 3.91. The van der Waals surface area contributed by atoms with Crippen LogP contribution in [-0.4, -0.2) is 21.5 Å². The van der Waals surface area contributed by atoms with Gasteiger partial charge < -0.3 is 15.6 Å². The molecule has 7 heteroatoms. The molecule has 6 nitrogen and oxygen atoms in total. The second-order valence-corrected chi connectivity index (χ2v) is 5.43. The predicted octanol–water partition coefficient (Wildman–Crippen LogP) is 1.05. The molecule has 1 aromatic heterocycles. The Bertz CT molecular complexity index is 700. The summed E-state index contributed by atoms with van der Waals surface area (Å²) in [5.41, 5.74) is 6.03. The summed E-state index contributed by atoms with van der Waals surface area (Å²) in [4.78, 5) is 27.7. The highest BCUT2D eigenvalue weighted by molar-refractivity contribution is 9.10. The number of anilines is 1. The molecule has 2 aromatic rings. The largest absolute Gasteiger partial charge is 0.368 e. The molecule has 3 N–H and O–H groups in total. The zero-order valence-electron chi connectivity index (χ0n) is 11.4. The zero-order valence-corrected chi connectivity index (χ0v) is 13.0. The van der Waals surface area contributed by atoms with Crippen molar-refractivity contribution in [2.45, 2.75) is 12.5 Å². The first-order valence-corrected chi connectivity index (χ1v) is 7.09. The fourth-order valence-electron chi connectivity index (χ4n) is 1.90. The normalized spacial score (nSPS) is 11.9. The summed E-state index contributed by atoms with van der Waals surface area (Å²) in [6.45, 7) is 0. The van der Waals surface area contributed by atoms with Gasteiger partial charge in [0.1, 0.15) is 10.6 Å². The number of carbonyl (C=O) groups is 1. The summed E-state index contributed by atoms with van der Waals surface area (Å²) >= 11 is 3.21. The lowest BCUT2D eigenvalue weighted by Gasteiger charge is -2.16. The second-order valence-electron chi connectivity index (χ2n) is 4.62. The number of amides is 1. The van der Waals surface area contributed by atoms with Gasteiger partial charge in [-0.25, -0.2) is 4.98 Å². The third-order valence-corrected chi connectivity index (χ3v) is 3.36. The Kier molecular flexibility index (Phi) is 4.74.